The molecule has 0 radical (unpaired) electrons. The number of aryl methyl sites for hydroxylation is 3. The van der Waals surface area contributed by atoms with E-state index in [9.17, 15) is 0 Å². The van der Waals surface area contributed by atoms with Crippen LogP contribution in [0.25, 0.3) is 0 Å². The second-order valence-corrected chi connectivity index (χ2v) is 5.42. The summed E-state index contributed by atoms with van der Waals surface area (Å²) in [5.41, 5.74) is 10.8. The summed E-state index contributed by atoms with van der Waals surface area (Å²) in [6.45, 7) is 6.66. The van der Waals surface area contributed by atoms with Crippen LogP contribution in [0.15, 0.2) is 36.4 Å². The summed E-state index contributed by atoms with van der Waals surface area (Å²) in [4.78, 5) is 0. The lowest BCUT2D eigenvalue weighted by molar-refractivity contribution is 0.286. The summed E-state index contributed by atoms with van der Waals surface area (Å²) in [7, 11) is 1.65. The molecule has 0 fully saturated rings. The molecule has 1 unspecified atom stereocenters. The summed E-state index contributed by atoms with van der Waals surface area (Å²) >= 11 is 0. The van der Waals surface area contributed by atoms with Crippen LogP contribution < -0.4 is 15.2 Å². The average molecular weight is 285 g/mol. The maximum atomic E-state index is 6.22. The van der Waals surface area contributed by atoms with Crippen molar-refractivity contribution in [2.45, 2.75) is 26.8 Å². The fraction of sp³-hybridized carbons (Fsp3) is 0.333. The number of rotatable bonds is 5. The summed E-state index contributed by atoms with van der Waals surface area (Å²) in [5.74, 6) is 1.74. The van der Waals surface area contributed by atoms with Gasteiger partial charge in [0.05, 0.1) is 13.2 Å². The van der Waals surface area contributed by atoms with E-state index in [0.717, 1.165) is 28.2 Å². The van der Waals surface area contributed by atoms with E-state index in [2.05, 4.69) is 32.9 Å². The summed E-state index contributed by atoms with van der Waals surface area (Å²) in [6.07, 6.45) is 0. The second kappa shape index (κ2) is 6.64. The minimum atomic E-state index is -0.180. The molecule has 0 heterocycles. The topological polar surface area (TPSA) is 44.5 Å². The quantitative estimate of drug-likeness (QED) is 0.911. The summed E-state index contributed by atoms with van der Waals surface area (Å²) in [5, 5.41) is 0. The minimum Gasteiger partial charge on any atom is -0.497 e. The van der Waals surface area contributed by atoms with Crippen molar-refractivity contribution in [1.29, 1.82) is 0 Å². The fourth-order valence-corrected chi connectivity index (χ4v) is 2.54. The first kappa shape index (κ1) is 15.4. The Hall–Kier alpha value is -2.00. The van der Waals surface area contributed by atoms with Gasteiger partial charge in [0.2, 0.25) is 0 Å². The van der Waals surface area contributed by atoms with Gasteiger partial charge in [-0.3, -0.25) is 0 Å². The largest absolute Gasteiger partial charge is 0.497 e. The van der Waals surface area contributed by atoms with Crippen LogP contribution in [0.4, 0.5) is 0 Å². The molecule has 2 aromatic rings. The lowest BCUT2D eigenvalue weighted by atomic mass is 10.1. The van der Waals surface area contributed by atoms with Crippen molar-refractivity contribution < 1.29 is 9.47 Å². The van der Waals surface area contributed by atoms with Crippen molar-refractivity contribution >= 4 is 0 Å². The van der Waals surface area contributed by atoms with Gasteiger partial charge in [0.1, 0.15) is 18.1 Å². The van der Waals surface area contributed by atoms with Gasteiger partial charge < -0.3 is 15.2 Å². The van der Waals surface area contributed by atoms with Gasteiger partial charge in [-0.2, -0.15) is 0 Å². The highest BCUT2D eigenvalue weighted by atomic mass is 16.5. The Morgan fingerprint density at radius 2 is 1.71 bits per heavy atom. The molecule has 3 nitrogen and oxygen atoms in total. The van der Waals surface area contributed by atoms with E-state index in [1.54, 1.807) is 7.11 Å². The van der Waals surface area contributed by atoms with Crippen LogP contribution in [0, 0.1) is 20.8 Å². The first-order chi connectivity index (χ1) is 10.0. The highest BCUT2D eigenvalue weighted by Crippen LogP contribution is 2.26. The maximum Gasteiger partial charge on any atom is 0.125 e. The van der Waals surface area contributed by atoms with Crippen LogP contribution in [0.5, 0.6) is 11.5 Å². The van der Waals surface area contributed by atoms with Crippen LogP contribution in [-0.2, 0) is 0 Å². The van der Waals surface area contributed by atoms with Gasteiger partial charge in [-0.1, -0.05) is 29.8 Å². The smallest absolute Gasteiger partial charge is 0.125 e. The number of nitrogens with two attached hydrogens (primary N) is 1. The predicted octanol–water partition coefficient (Wildman–Crippen LogP) is 3.70. The van der Waals surface area contributed by atoms with Crippen molar-refractivity contribution in [3.05, 3.63) is 58.7 Å². The minimum absolute atomic E-state index is 0.180. The Balaban J connectivity index is 2.09. The van der Waals surface area contributed by atoms with Crippen LogP contribution in [0.2, 0.25) is 0 Å². The molecule has 2 rings (SSSR count). The zero-order valence-corrected chi connectivity index (χ0v) is 13.1. The van der Waals surface area contributed by atoms with Gasteiger partial charge in [-0.25, -0.2) is 0 Å². The molecule has 0 aliphatic carbocycles. The van der Waals surface area contributed by atoms with Gasteiger partial charge >= 0.3 is 0 Å². The van der Waals surface area contributed by atoms with Gasteiger partial charge in [-0.15, -0.1) is 0 Å². The van der Waals surface area contributed by atoms with Gasteiger partial charge in [-0.05, 0) is 49.6 Å². The van der Waals surface area contributed by atoms with E-state index in [0.29, 0.717) is 6.61 Å². The van der Waals surface area contributed by atoms with Crippen molar-refractivity contribution in [3.63, 3.8) is 0 Å². The molecule has 3 heteroatoms. The molecule has 1 atom stereocenters. The van der Waals surface area contributed by atoms with Gasteiger partial charge in [0.15, 0.2) is 0 Å². The second-order valence-electron chi connectivity index (χ2n) is 5.42. The van der Waals surface area contributed by atoms with E-state index in [-0.39, 0.29) is 6.04 Å². The van der Waals surface area contributed by atoms with Crippen molar-refractivity contribution in [2.24, 2.45) is 5.73 Å². The number of methoxy groups -OCH3 is 1. The lowest BCUT2D eigenvalue weighted by Gasteiger charge is -2.17. The molecule has 2 aromatic carbocycles. The number of hydrogen-bond donors (Lipinski definition) is 1. The summed E-state index contributed by atoms with van der Waals surface area (Å²) in [6, 6.07) is 11.9. The molecule has 0 saturated carbocycles. The molecule has 0 aliphatic rings. The molecule has 0 bridgehead atoms. The monoisotopic (exact) mass is 285 g/mol. The van der Waals surface area contributed by atoms with E-state index < -0.39 is 0 Å². The zero-order chi connectivity index (χ0) is 15.4. The third-order valence-corrected chi connectivity index (χ3v) is 3.53. The fourth-order valence-electron chi connectivity index (χ4n) is 2.54. The molecule has 2 N–H and O–H groups in total. The first-order valence-electron chi connectivity index (χ1n) is 7.11. The molecule has 0 spiro atoms. The molecular formula is C18H23NO2. The molecule has 0 saturated heterocycles. The Morgan fingerprint density at radius 1 is 1.05 bits per heavy atom. The van der Waals surface area contributed by atoms with E-state index >= 15 is 0 Å². The molecule has 0 aliphatic heterocycles. The van der Waals surface area contributed by atoms with Gasteiger partial charge in [0.25, 0.3) is 0 Å². The third-order valence-electron chi connectivity index (χ3n) is 3.53. The van der Waals surface area contributed by atoms with Crippen LogP contribution in [0.1, 0.15) is 28.3 Å². The summed E-state index contributed by atoms with van der Waals surface area (Å²) < 4.78 is 11.2. The van der Waals surface area contributed by atoms with Crippen LogP contribution >= 0.6 is 0 Å². The number of ether oxygens (including phenoxy) is 2. The molecule has 0 amide bonds. The van der Waals surface area contributed by atoms with Crippen molar-refractivity contribution in [1.82, 2.24) is 0 Å². The van der Waals surface area contributed by atoms with Crippen LogP contribution in [0.3, 0.4) is 0 Å². The Labute approximate surface area is 126 Å². The third kappa shape index (κ3) is 3.76. The molecule has 0 aromatic heterocycles. The Kier molecular flexibility index (Phi) is 4.86. The standard InChI is InChI=1S/C18H23NO2/c1-12-8-13(2)18(14(3)9-12)21-11-17(19)15-6-5-7-16(10-15)20-4/h5-10,17H,11,19H2,1-4H3. The Bertz CT molecular complexity index is 599. The highest BCUT2D eigenvalue weighted by Gasteiger charge is 2.11. The maximum absolute atomic E-state index is 6.22. The first-order valence-corrected chi connectivity index (χ1v) is 7.11. The normalized spacial score (nSPS) is 12.0. The van der Waals surface area contributed by atoms with E-state index in [4.69, 9.17) is 15.2 Å². The average Bonchev–Trinajstić information content (AvgIpc) is 2.46. The van der Waals surface area contributed by atoms with Crippen molar-refractivity contribution in [3.8, 4) is 11.5 Å². The molecule has 112 valence electrons. The number of hydrogen-bond acceptors (Lipinski definition) is 3. The van der Waals surface area contributed by atoms with E-state index in [1.807, 2.05) is 24.3 Å². The predicted molar refractivity (Wildman–Crippen MR) is 86.1 cm³/mol. The lowest BCUT2D eigenvalue weighted by Crippen LogP contribution is -2.19. The Morgan fingerprint density at radius 3 is 2.33 bits per heavy atom. The zero-order valence-electron chi connectivity index (χ0n) is 13.1. The SMILES string of the molecule is COc1cccc(C(N)COc2c(C)cc(C)cc2C)c1. The van der Waals surface area contributed by atoms with Gasteiger partial charge in [0, 0.05) is 0 Å². The van der Waals surface area contributed by atoms with Crippen LogP contribution in [-0.4, -0.2) is 13.7 Å². The molecule has 21 heavy (non-hydrogen) atoms. The van der Waals surface area contributed by atoms with E-state index in [1.165, 1.54) is 5.56 Å². The van der Waals surface area contributed by atoms with Crippen molar-refractivity contribution in [2.75, 3.05) is 13.7 Å². The molecular weight excluding hydrogens is 262 g/mol. The number of benzene rings is 2. The highest BCUT2D eigenvalue weighted by molar-refractivity contribution is 5.43.